The molecule has 3 rings (SSSR count). The Hall–Kier alpha value is -2.42. The zero-order valence-corrected chi connectivity index (χ0v) is 15.2. The first-order valence-corrected chi connectivity index (χ1v) is 9.05. The lowest BCUT2D eigenvalue weighted by atomic mass is 9.86. The van der Waals surface area contributed by atoms with Gasteiger partial charge in [0.1, 0.15) is 4.88 Å². The van der Waals surface area contributed by atoms with Crippen molar-refractivity contribution in [3.63, 3.8) is 0 Å². The van der Waals surface area contributed by atoms with Crippen molar-refractivity contribution < 1.29 is 27.9 Å². The van der Waals surface area contributed by atoms with E-state index in [9.17, 15) is 22.8 Å². The van der Waals surface area contributed by atoms with Gasteiger partial charge in [0, 0.05) is 19.5 Å². The van der Waals surface area contributed by atoms with Crippen LogP contribution in [0.25, 0.3) is 0 Å². The number of amides is 1. The number of alkyl halides is 3. The Balaban J connectivity index is 1.80. The molecule has 1 aliphatic heterocycles. The number of thiazole rings is 1. The third-order valence-corrected chi connectivity index (χ3v) is 5.89. The predicted molar refractivity (Wildman–Crippen MR) is 92.7 cm³/mol. The minimum absolute atomic E-state index is 0.254. The van der Waals surface area contributed by atoms with Crippen LogP contribution in [0.3, 0.4) is 0 Å². The number of carbonyl (C=O) groups is 2. The van der Waals surface area contributed by atoms with Crippen LogP contribution in [-0.2, 0) is 11.2 Å². The van der Waals surface area contributed by atoms with E-state index in [4.69, 9.17) is 5.11 Å². The Kier molecular flexibility index (Phi) is 4.98. The molecule has 9 heteroatoms. The Bertz CT molecular complexity index is 866. The van der Waals surface area contributed by atoms with Gasteiger partial charge in [0.05, 0.1) is 10.7 Å². The molecule has 1 saturated heterocycles. The van der Waals surface area contributed by atoms with Crippen molar-refractivity contribution in [2.24, 2.45) is 5.41 Å². The fourth-order valence-electron chi connectivity index (χ4n) is 3.15. The molecule has 1 fully saturated rings. The Morgan fingerprint density at radius 2 is 1.96 bits per heavy atom. The lowest BCUT2D eigenvalue weighted by molar-refractivity contribution is -0.227. The second-order valence-electron chi connectivity index (χ2n) is 6.55. The van der Waals surface area contributed by atoms with Crippen molar-refractivity contribution in [2.45, 2.75) is 25.9 Å². The summed E-state index contributed by atoms with van der Waals surface area (Å²) in [4.78, 5) is 29.6. The molecule has 0 aliphatic carbocycles. The molecule has 1 amide bonds. The van der Waals surface area contributed by atoms with E-state index in [2.05, 4.69) is 4.98 Å². The van der Waals surface area contributed by atoms with E-state index in [1.807, 2.05) is 30.3 Å². The summed E-state index contributed by atoms with van der Waals surface area (Å²) in [5.74, 6) is -2.55. The summed E-state index contributed by atoms with van der Waals surface area (Å²) in [7, 11) is 0. The lowest BCUT2D eigenvalue weighted by Crippen LogP contribution is -2.47. The van der Waals surface area contributed by atoms with E-state index in [1.165, 1.54) is 0 Å². The average molecular weight is 398 g/mol. The number of likely N-dealkylation sites (tertiary alicyclic amines) is 1. The molecule has 144 valence electrons. The van der Waals surface area contributed by atoms with E-state index in [-0.39, 0.29) is 11.4 Å². The molecule has 1 unspecified atom stereocenters. The molecule has 2 aromatic rings. The molecule has 1 aromatic heterocycles. The predicted octanol–water partition coefficient (Wildman–Crippen LogP) is 3.52. The molecule has 27 heavy (non-hydrogen) atoms. The summed E-state index contributed by atoms with van der Waals surface area (Å²) < 4.78 is 39.9. The van der Waals surface area contributed by atoms with Crippen molar-refractivity contribution in [1.82, 2.24) is 9.88 Å². The van der Waals surface area contributed by atoms with Crippen LogP contribution in [0, 0.1) is 12.3 Å². The van der Waals surface area contributed by atoms with Gasteiger partial charge in [-0.1, -0.05) is 30.3 Å². The molecule has 0 saturated carbocycles. The monoisotopic (exact) mass is 398 g/mol. The first-order valence-electron chi connectivity index (χ1n) is 8.24. The fourth-order valence-corrected chi connectivity index (χ4v) is 4.22. The van der Waals surface area contributed by atoms with Crippen LogP contribution in [0.1, 0.15) is 32.4 Å². The molecule has 0 radical (unpaired) electrons. The fraction of sp³-hybridized carbons (Fsp3) is 0.389. The third-order valence-electron chi connectivity index (χ3n) is 4.74. The Morgan fingerprint density at radius 3 is 2.52 bits per heavy atom. The standard InChI is InChI=1S/C18H17F3N2O3S/c1-11-14(27-13(22-11)9-12-5-3-2-4-6-12)15(24)23-8-7-17(10-23,16(25)26)18(19,20)21/h2-6H,7-10H2,1H3,(H,25,26). The van der Waals surface area contributed by atoms with E-state index in [1.54, 1.807) is 6.92 Å². The van der Waals surface area contributed by atoms with Gasteiger partial charge in [-0.15, -0.1) is 11.3 Å². The highest BCUT2D eigenvalue weighted by Gasteiger charge is 2.64. The van der Waals surface area contributed by atoms with Crippen molar-refractivity contribution >= 4 is 23.2 Å². The van der Waals surface area contributed by atoms with Gasteiger partial charge in [0.15, 0.2) is 5.41 Å². The number of aryl methyl sites for hydroxylation is 1. The topological polar surface area (TPSA) is 70.5 Å². The molecule has 1 aromatic carbocycles. The van der Waals surface area contributed by atoms with Crippen LogP contribution < -0.4 is 0 Å². The number of rotatable bonds is 4. The van der Waals surface area contributed by atoms with Crippen molar-refractivity contribution in [2.75, 3.05) is 13.1 Å². The second kappa shape index (κ2) is 6.95. The SMILES string of the molecule is Cc1nc(Cc2ccccc2)sc1C(=O)N1CCC(C(=O)O)(C(F)(F)F)C1. The minimum Gasteiger partial charge on any atom is -0.481 e. The average Bonchev–Trinajstić information content (AvgIpc) is 3.20. The summed E-state index contributed by atoms with van der Waals surface area (Å²) in [5, 5.41) is 9.81. The smallest absolute Gasteiger partial charge is 0.406 e. The zero-order valence-electron chi connectivity index (χ0n) is 14.4. The quantitative estimate of drug-likeness (QED) is 0.856. The molecule has 2 heterocycles. The summed E-state index contributed by atoms with van der Waals surface area (Å²) in [6.45, 7) is 0.495. The number of carboxylic acids is 1. The minimum atomic E-state index is -4.92. The van der Waals surface area contributed by atoms with Crippen LogP contribution in [0.5, 0.6) is 0 Å². The van der Waals surface area contributed by atoms with Crippen LogP contribution in [0.4, 0.5) is 13.2 Å². The van der Waals surface area contributed by atoms with Gasteiger partial charge in [-0.3, -0.25) is 9.59 Å². The van der Waals surface area contributed by atoms with Crippen LogP contribution in [0.15, 0.2) is 30.3 Å². The van der Waals surface area contributed by atoms with E-state index in [0.717, 1.165) is 21.8 Å². The van der Waals surface area contributed by atoms with Gasteiger partial charge in [-0.05, 0) is 18.9 Å². The number of carboxylic acid groups (broad SMARTS) is 1. The highest BCUT2D eigenvalue weighted by molar-refractivity contribution is 7.13. The summed E-state index contributed by atoms with van der Waals surface area (Å²) >= 11 is 1.13. The van der Waals surface area contributed by atoms with E-state index < -0.39 is 36.4 Å². The molecule has 1 atom stereocenters. The molecular weight excluding hydrogens is 381 g/mol. The van der Waals surface area contributed by atoms with Crippen LogP contribution in [-0.4, -0.2) is 46.1 Å². The third kappa shape index (κ3) is 3.55. The molecule has 1 aliphatic rings. The van der Waals surface area contributed by atoms with Gasteiger partial charge in [0.25, 0.3) is 5.91 Å². The van der Waals surface area contributed by atoms with Gasteiger partial charge < -0.3 is 10.0 Å². The number of aliphatic carboxylic acids is 1. The van der Waals surface area contributed by atoms with Gasteiger partial charge in [-0.2, -0.15) is 13.2 Å². The molecule has 5 nitrogen and oxygen atoms in total. The normalized spacial score (nSPS) is 20.1. The van der Waals surface area contributed by atoms with Crippen LogP contribution >= 0.6 is 11.3 Å². The van der Waals surface area contributed by atoms with E-state index >= 15 is 0 Å². The number of carbonyl (C=O) groups excluding carboxylic acids is 1. The maximum atomic E-state index is 13.3. The number of halogens is 3. The maximum absolute atomic E-state index is 13.3. The molecule has 0 bridgehead atoms. The first-order chi connectivity index (χ1) is 12.6. The summed E-state index contributed by atoms with van der Waals surface area (Å²) in [6, 6.07) is 9.49. The van der Waals surface area contributed by atoms with Crippen molar-refractivity contribution in [3.05, 3.63) is 51.5 Å². The molecule has 1 N–H and O–H groups in total. The first kappa shape index (κ1) is 19.3. The maximum Gasteiger partial charge on any atom is 0.406 e. The Labute approximate surface area is 157 Å². The number of benzene rings is 1. The van der Waals surface area contributed by atoms with E-state index in [0.29, 0.717) is 17.1 Å². The lowest BCUT2D eigenvalue weighted by Gasteiger charge is -2.27. The number of nitrogens with zero attached hydrogens (tertiary/aromatic N) is 2. The van der Waals surface area contributed by atoms with Gasteiger partial charge in [0.2, 0.25) is 0 Å². The molecular formula is C18H17F3N2O3S. The number of hydrogen-bond donors (Lipinski definition) is 1. The van der Waals surface area contributed by atoms with Gasteiger partial charge >= 0.3 is 12.1 Å². The van der Waals surface area contributed by atoms with Crippen molar-refractivity contribution in [3.8, 4) is 0 Å². The highest BCUT2D eigenvalue weighted by atomic mass is 32.1. The molecule has 0 spiro atoms. The number of hydrogen-bond acceptors (Lipinski definition) is 4. The number of aromatic nitrogens is 1. The van der Waals surface area contributed by atoms with Crippen LogP contribution in [0.2, 0.25) is 0 Å². The van der Waals surface area contributed by atoms with Gasteiger partial charge in [-0.25, -0.2) is 4.98 Å². The zero-order chi connectivity index (χ0) is 19.8. The summed E-state index contributed by atoms with van der Waals surface area (Å²) in [5.41, 5.74) is -1.46. The second-order valence-corrected chi connectivity index (χ2v) is 7.63. The highest BCUT2D eigenvalue weighted by Crippen LogP contribution is 2.46. The summed E-state index contributed by atoms with van der Waals surface area (Å²) in [6.07, 6.45) is -5.05. The van der Waals surface area contributed by atoms with Crippen molar-refractivity contribution in [1.29, 1.82) is 0 Å². The Morgan fingerprint density at radius 1 is 1.30 bits per heavy atom. The largest absolute Gasteiger partial charge is 0.481 e.